The predicted molar refractivity (Wildman–Crippen MR) is 38.1 cm³/mol. The third-order valence-corrected chi connectivity index (χ3v) is 0.705. The minimum atomic E-state index is -5.92. The fourth-order valence-electron chi connectivity index (χ4n) is 0.408. The number of methoxy groups -OCH3 is 2. The van der Waals surface area contributed by atoms with E-state index < -0.39 is 19.0 Å². The summed E-state index contributed by atoms with van der Waals surface area (Å²) in [5.41, 5.74) is 0. The van der Waals surface area contributed by atoms with Gasteiger partial charge in [-0.05, 0) is 0 Å². The van der Waals surface area contributed by atoms with Crippen molar-refractivity contribution in [3.8, 4) is 0 Å². The molecule has 0 saturated heterocycles. The van der Waals surface area contributed by atoms with E-state index in [9.17, 15) is 35.1 Å². The van der Waals surface area contributed by atoms with Crippen LogP contribution in [0.1, 0.15) is 0 Å². The van der Waals surface area contributed by atoms with Crippen LogP contribution >= 0.6 is 0 Å². The number of rotatable bonds is 4. The standard InChI is InChI=1S/C3F8O2.C3H8O2/c4-1(5,6)12-3(10,11)13-2(7,8)9;1-4-3-5-2/h;3H2,1-2H3. The van der Waals surface area contributed by atoms with E-state index in [0.29, 0.717) is 6.79 Å². The zero-order valence-corrected chi connectivity index (χ0v) is 8.86. The van der Waals surface area contributed by atoms with Crippen LogP contribution in [0.4, 0.5) is 35.1 Å². The minimum absolute atomic E-state index is 0.389. The van der Waals surface area contributed by atoms with Gasteiger partial charge in [-0.15, -0.1) is 35.1 Å². The van der Waals surface area contributed by atoms with Crippen molar-refractivity contribution in [2.45, 2.75) is 19.0 Å². The van der Waals surface area contributed by atoms with Crippen LogP contribution in [0.15, 0.2) is 0 Å². The van der Waals surface area contributed by atoms with Gasteiger partial charge >= 0.3 is 19.0 Å². The zero-order valence-electron chi connectivity index (χ0n) is 8.86. The molecular formula is C6H8F8O4. The van der Waals surface area contributed by atoms with Gasteiger partial charge in [0.25, 0.3) is 0 Å². The lowest BCUT2D eigenvalue weighted by molar-refractivity contribution is -0.550. The Labute approximate surface area is 95.3 Å². The molecule has 0 fully saturated rings. The summed E-state index contributed by atoms with van der Waals surface area (Å²) in [6, 6.07) is 0. The Morgan fingerprint density at radius 2 is 0.944 bits per heavy atom. The maximum atomic E-state index is 11.5. The summed E-state index contributed by atoms with van der Waals surface area (Å²) in [6.45, 7) is 0.389. The van der Waals surface area contributed by atoms with Crippen LogP contribution in [0.5, 0.6) is 0 Å². The van der Waals surface area contributed by atoms with Gasteiger partial charge in [-0.3, -0.25) is 0 Å². The fraction of sp³-hybridized carbons (Fsp3) is 1.00. The Balaban J connectivity index is 0. The molecule has 0 rings (SSSR count). The van der Waals surface area contributed by atoms with E-state index in [0.717, 1.165) is 0 Å². The van der Waals surface area contributed by atoms with Crippen molar-refractivity contribution in [1.29, 1.82) is 0 Å². The maximum absolute atomic E-state index is 11.5. The molecule has 0 saturated carbocycles. The summed E-state index contributed by atoms with van der Waals surface area (Å²) in [4.78, 5) is 0. The van der Waals surface area contributed by atoms with E-state index in [4.69, 9.17) is 0 Å². The van der Waals surface area contributed by atoms with Crippen LogP contribution in [0.2, 0.25) is 0 Å². The fourth-order valence-corrected chi connectivity index (χ4v) is 0.408. The predicted octanol–water partition coefficient (Wildman–Crippen LogP) is 2.85. The van der Waals surface area contributed by atoms with Gasteiger partial charge in [0.1, 0.15) is 6.79 Å². The molecule has 12 heteroatoms. The molecule has 0 unspecified atom stereocenters. The molecule has 0 bridgehead atoms. The Morgan fingerprint density at radius 3 is 1.06 bits per heavy atom. The molecule has 0 radical (unpaired) electrons. The molecule has 112 valence electrons. The van der Waals surface area contributed by atoms with Crippen LogP contribution in [0.3, 0.4) is 0 Å². The van der Waals surface area contributed by atoms with Gasteiger partial charge in [-0.1, -0.05) is 0 Å². The van der Waals surface area contributed by atoms with Crippen LogP contribution < -0.4 is 0 Å². The number of alkyl halides is 8. The quantitative estimate of drug-likeness (QED) is 0.590. The highest BCUT2D eigenvalue weighted by atomic mass is 19.4. The first-order valence-electron chi connectivity index (χ1n) is 3.72. The second-order valence-corrected chi connectivity index (χ2v) is 2.25. The molecule has 4 nitrogen and oxygen atoms in total. The lowest BCUT2D eigenvalue weighted by atomic mass is 11.1. The number of ether oxygens (including phenoxy) is 4. The van der Waals surface area contributed by atoms with Gasteiger partial charge in [-0.25, -0.2) is 0 Å². The lowest BCUT2D eigenvalue weighted by Crippen LogP contribution is -2.37. The maximum Gasteiger partial charge on any atom is 0.529 e. The molecule has 0 aromatic heterocycles. The van der Waals surface area contributed by atoms with Gasteiger partial charge in [0.15, 0.2) is 0 Å². The Morgan fingerprint density at radius 1 is 0.667 bits per heavy atom. The van der Waals surface area contributed by atoms with Crippen LogP contribution in [0.25, 0.3) is 0 Å². The third kappa shape index (κ3) is 17.7. The van der Waals surface area contributed by atoms with Gasteiger partial charge in [0.2, 0.25) is 0 Å². The van der Waals surface area contributed by atoms with Crippen molar-refractivity contribution >= 4 is 0 Å². The zero-order chi connectivity index (χ0) is 15.0. The number of hydrogen-bond acceptors (Lipinski definition) is 4. The van der Waals surface area contributed by atoms with E-state index >= 15 is 0 Å². The smallest absolute Gasteiger partial charge is 0.359 e. The van der Waals surface area contributed by atoms with Gasteiger partial charge in [0, 0.05) is 14.2 Å². The number of hydrogen-bond donors (Lipinski definition) is 0. The molecule has 18 heavy (non-hydrogen) atoms. The molecular weight excluding hydrogens is 288 g/mol. The van der Waals surface area contributed by atoms with Crippen molar-refractivity contribution in [3.05, 3.63) is 0 Å². The lowest BCUT2D eigenvalue weighted by Gasteiger charge is -2.18. The first-order valence-corrected chi connectivity index (χ1v) is 3.72. The molecule has 0 N–H and O–H groups in total. The van der Waals surface area contributed by atoms with E-state index in [1.807, 2.05) is 0 Å². The van der Waals surface area contributed by atoms with E-state index in [-0.39, 0.29) is 0 Å². The van der Waals surface area contributed by atoms with Crippen molar-refractivity contribution in [1.82, 2.24) is 0 Å². The molecule has 0 amide bonds. The highest BCUT2D eigenvalue weighted by Gasteiger charge is 2.53. The van der Waals surface area contributed by atoms with Gasteiger partial charge in [0.05, 0.1) is 0 Å². The first-order chi connectivity index (χ1) is 7.83. The molecule has 0 aromatic carbocycles. The average Bonchev–Trinajstić information content (AvgIpc) is 1.95. The van der Waals surface area contributed by atoms with Crippen molar-refractivity contribution < 1.29 is 54.1 Å². The molecule has 0 atom stereocenters. The molecule has 0 aliphatic rings. The second kappa shape index (κ2) is 7.66. The molecule has 0 aliphatic heterocycles. The highest BCUT2D eigenvalue weighted by Crippen LogP contribution is 2.33. The van der Waals surface area contributed by atoms with Crippen LogP contribution in [-0.4, -0.2) is 40.0 Å². The Kier molecular flexibility index (Phi) is 8.34. The number of halogens is 8. The van der Waals surface area contributed by atoms with Gasteiger partial charge < -0.3 is 9.47 Å². The van der Waals surface area contributed by atoms with Crippen molar-refractivity contribution in [2.75, 3.05) is 21.0 Å². The topological polar surface area (TPSA) is 36.9 Å². The Bertz CT molecular complexity index is 193. The Hall–Kier alpha value is -0.720. The third-order valence-electron chi connectivity index (χ3n) is 0.705. The minimum Gasteiger partial charge on any atom is -0.359 e. The van der Waals surface area contributed by atoms with Crippen LogP contribution in [0, 0.1) is 0 Å². The summed E-state index contributed by atoms with van der Waals surface area (Å²) in [7, 11) is 3.17. The molecule has 0 aromatic rings. The molecule has 0 spiro atoms. The summed E-state index contributed by atoms with van der Waals surface area (Å²) in [6.07, 6.45) is -17.6. The largest absolute Gasteiger partial charge is 0.529 e. The second-order valence-electron chi connectivity index (χ2n) is 2.25. The van der Waals surface area contributed by atoms with E-state index in [1.54, 1.807) is 23.7 Å². The average molecular weight is 296 g/mol. The van der Waals surface area contributed by atoms with Crippen molar-refractivity contribution in [3.63, 3.8) is 0 Å². The summed E-state index contributed by atoms with van der Waals surface area (Å²) < 4.78 is 101. The summed E-state index contributed by atoms with van der Waals surface area (Å²) in [5, 5.41) is 0. The monoisotopic (exact) mass is 296 g/mol. The molecule has 0 heterocycles. The van der Waals surface area contributed by atoms with Crippen molar-refractivity contribution in [2.24, 2.45) is 0 Å². The van der Waals surface area contributed by atoms with E-state index in [2.05, 4.69) is 9.47 Å². The van der Waals surface area contributed by atoms with Crippen LogP contribution in [-0.2, 0) is 18.9 Å². The summed E-state index contributed by atoms with van der Waals surface area (Å²) >= 11 is 0. The van der Waals surface area contributed by atoms with Gasteiger partial charge in [-0.2, -0.15) is 9.47 Å². The van der Waals surface area contributed by atoms with E-state index in [1.165, 1.54) is 0 Å². The molecule has 0 aliphatic carbocycles. The first kappa shape index (κ1) is 19.6. The SMILES string of the molecule is COCOC.FC(F)(F)OC(F)(F)OC(F)(F)F. The summed E-state index contributed by atoms with van der Waals surface area (Å²) in [5.74, 6) is 0. The highest BCUT2D eigenvalue weighted by molar-refractivity contribution is 4.39. The normalized spacial score (nSPS) is 13.0.